The highest BCUT2D eigenvalue weighted by molar-refractivity contribution is 6.33. The first-order valence-electron chi connectivity index (χ1n) is 8.73. The number of ketones is 1. The van der Waals surface area contributed by atoms with E-state index in [1.54, 1.807) is 26.8 Å². The van der Waals surface area contributed by atoms with Gasteiger partial charge >= 0.3 is 0 Å². The molecule has 0 radical (unpaired) electrons. The molecule has 2 rings (SSSR count). The number of halogens is 1. The third-order valence-electron chi connectivity index (χ3n) is 4.96. The van der Waals surface area contributed by atoms with E-state index in [1.165, 1.54) is 0 Å². The van der Waals surface area contributed by atoms with Gasteiger partial charge in [-0.05, 0) is 52.2 Å². The second-order valence-electron chi connectivity index (χ2n) is 7.43. The number of rotatable bonds is 5. The zero-order valence-corrected chi connectivity index (χ0v) is 17.0. The predicted octanol–water partition coefficient (Wildman–Crippen LogP) is 4.44. The van der Waals surface area contributed by atoms with E-state index in [1.807, 2.05) is 19.9 Å². The Morgan fingerprint density at radius 1 is 1.30 bits per heavy atom. The lowest BCUT2D eigenvalue weighted by molar-refractivity contribution is -0.129. The standard InChI is InChI=1S/C21H25ClO5/c1-11(8-12(2)16-9-17(24)21(4,5)27-16)6-7-14-19(25)15(10-23)13(3)18(22)20(14)26/h6,8,10,16,25-26H,7,9H2,1-5H3/b11-6+,12-8+/t16-/m0/s1. The molecule has 1 saturated heterocycles. The van der Waals surface area contributed by atoms with Crippen molar-refractivity contribution in [2.24, 2.45) is 0 Å². The molecule has 0 aliphatic carbocycles. The molecule has 27 heavy (non-hydrogen) atoms. The molecule has 0 unspecified atom stereocenters. The van der Waals surface area contributed by atoms with Crippen LogP contribution in [-0.4, -0.2) is 34.0 Å². The molecule has 1 fully saturated rings. The van der Waals surface area contributed by atoms with Gasteiger partial charge in [-0.25, -0.2) is 0 Å². The van der Waals surface area contributed by atoms with Crippen LogP contribution in [0.3, 0.4) is 0 Å². The Morgan fingerprint density at radius 3 is 2.44 bits per heavy atom. The van der Waals surface area contributed by atoms with E-state index in [2.05, 4.69) is 0 Å². The minimum absolute atomic E-state index is 0.0581. The summed E-state index contributed by atoms with van der Waals surface area (Å²) < 4.78 is 5.80. The van der Waals surface area contributed by atoms with Crippen LogP contribution in [0.1, 0.15) is 55.6 Å². The zero-order valence-electron chi connectivity index (χ0n) is 16.2. The van der Waals surface area contributed by atoms with Crippen molar-refractivity contribution in [2.75, 3.05) is 0 Å². The molecule has 1 aromatic rings. The summed E-state index contributed by atoms with van der Waals surface area (Å²) in [4.78, 5) is 23.1. The zero-order chi connectivity index (χ0) is 20.5. The molecule has 146 valence electrons. The summed E-state index contributed by atoms with van der Waals surface area (Å²) in [6.07, 6.45) is 4.53. The first kappa shape index (κ1) is 21.2. The molecule has 0 spiro atoms. The van der Waals surface area contributed by atoms with Gasteiger partial charge in [-0.15, -0.1) is 0 Å². The van der Waals surface area contributed by atoms with Crippen molar-refractivity contribution < 1.29 is 24.5 Å². The van der Waals surface area contributed by atoms with E-state index in [0.717, 1.165) is 11.1 Å². The second kappa shape index (κ2) is 7.87. The third-order valence-corrected chi connectivity index (χ3v) is 5.42. The van der Waals surface area contributed by atoms with Crippen LogP contribution in [0.25, 0.3) is 0 Å². The summed E-state index contributed by atoms with van der Waals surface area (Å²) in [6, 6.07) is 0. The summed E-state index contributed by atoms with van der Waals surface area (Å²) >= 11 is 6.06. The minimum atomic E-state index is -0.765. The Balaban J connectivity index is 2.25. The van der Waals surface area contributed by atoms with Crippen molar-refractivity contribution in [1.82, 2.24) is 0 Å². The molecule has 1 aliphatic heterocycles. The number of phenols is 2. The number of Topliss-reactive ketones (excluding diaryl/α,β-unsaturated/α-hetero) is 1. The summed E-state index contributed by atoms with van der Waals surface area (Å²) in [6.45, 7) is 8.87. The van der Waals surface area contributed by atoms with Gasteiger partial charge in [-0.1, -0.05) is 29.3 Å². The third kappa shape index (κ3) is 4.25. The van der Waals surface area contributed by atoms with E-state index in [9.17, 15) is 19.8 Å². The number of ether oxygens (including phenoxy) is 1. The lowest BCUT2D eigenvalue weighted by atomic mass is 9.98. The average Bonchev–Trinajstić information content (AvgIpc) is 2.86. The van der Waals surface area contributed by atoms with Crippen molar-refractivity contribution in [2.45, 2.75) is 59.2 Å². The van der Waals surface area contributed by atoms with Gasteiger partial charge in [0.2, 0.25) is 0 Å². The number of benzene rings is 1. The first-order valence-corrected chi connectivity index (χ1v) is 9.11. The lowest BCUT2D eigenvalue weighted by Gasteiger charge is -2.18. The quantitative estimate of drug-likeness (QED) is 0.571. The van der Waals surface area contributed by atoms with E-state index >= 15 is 0 Å². The fraction of sp³-hybridized carbons (Fsp3) is 0.429. The molecule has 6 heteroatoms. The maximum Gasteiger partial charge on any atom is 0.167 e. The van der Waals surface area contributed by atoms with Crippen LogP contribution >= 0.6 is 11.6 Å². The second-order valence-corrected chi connectivity index (χ2v) is 7.81. The maximum absolute atomic E-state index is 11.9. The van der Waals surface area contributed by atoms with Crippen molar-refractivity contribution in [3.8, 4) is 11.5 Å². The van der Waals surface area contributed by atoms with Crippen LogP contribution in [0.4, 0.5) is 0 Å². The van der Waals surface area contributed by atoms with E-state index in [-0.39, 0.29) is 46.0 Å². The number of aldehydes is 1. The highest BCUT2D eigenvalue weighted by Gasteiger charge is 2.40. The van der Waals surface area contributed by atoms with Gasteiger partial charge in [0.1, 0.15) is 17.1 Å². The van der Waals surface area contributed by atoms with Crippen molar-refractivity contribution >= 4 is 23.7 Å². The Bertz CT molecular complexity index is 849. The molecule has 2 N–H and O–H groups in total. The molecule has 1 aliphatic rings. The van der Waals surface area contributed by atoms with Crippen LogP contribution in [0.15, 0.2) is 23.3 Å². The lowest BCUT2D eigenvalue weighted by Crippen LogP contribution is -2.27. The number of hydrogen-bond acceptors (Lipinski definition) is 5. The molecule has 1 aromatic carbocycles. The molecule has 0 saturated carbocycles. The number of hydrogen-bond donors (Lipinski definition) is 2. The van der Waals surface area contributed by atoms with Crippen LogP contribution in [0, 0.1) is 6.92 Å². The highest BCUT2D eigenvalue weighted by atomic mass is 35.5. The molecular weight excluding hydrogens is 368 g/mol. The molecule has 0 aromatic heterocycles. The van der Waals surface area contributed by atoms with Gasteiger partial charge in [-0.2, -0.15) is 0 Å². The average molecular weight is 393 g/mol. The molecular formula is C21H25ClO5. The number of allylic oxidation sites excluding steroid dienone is 3. The summed E-state index contributed by atoms with van der Waals surface area (Å²) in [5, 5.41) is 20.6. The van der Waals surface area contributed by atoms with Gasteiger partial charge in [0.25, 0.3) is 0 Å². The molecule has 5 nitrogen and oxygen atoms in total. The first-order chi connectivity index (χ1) is 12.5. The minimum Gasteiger partial charge on any atom is -0.507 e. The largest absolute Gasteiger partial charge is 0.507 e. The monoisotopic (exact) mass is 392 g/mol. The fourth-order valence-electron chi connectivity index (χ4n) is 3.12. The molecule has 0 bridgehead atoms. The molecule has 0 amide bonds. The van der Waals surface area contributed by atoms with E-state index < -0.39 is 5.60 Å². The van der Waals surface area contributed by atoms with Crippen LogP contribution in [0.2, 0.25) is 5.02 Å². The number of carbonyl (C=O) groups excluding carboxylic acids is 2. The van der Waals surface area contributed by atoms with Crippen molar-refractivity contribution in [1.29, 1.82) is 0 Å². The van der Waals surface area contributed by atoms with Gasteiger partial charge < -0.3 is 14.9 Å². The van der Waals surface area contributed by atoms with Crippen LogP contribution in [-0.2, 0) is 16.0 Å². The highest BCUT2D eigenvalue weighted by Crippen LogP contribution is 2.40. The summed E-state index contributed by atoms with van der Waals surface area (Å²) in [5.41, 5.74) is 1.64. The van der Waals surface area contributed by atoms with Crippen molar-refractivity contribution in [3.05, 3.63) is 45.0 Å². The van der Waals surface area contributed by atoms with E-state index in [0.29, 0.717) is 18.3 Å². The fourth-order valence-corrected chi connectivity index (χ4v) is 3.34. The topological polar surface area (TPSA) is 83.8 Å². The Morgan fingerprint density at radius 2 is 1.93 bits per heavy atom. The Hall–Kier alpha value is -2.11. The smallest absolute Gasteiger partial charge is 0.167 e. The molecule has 1 atom stereocenters. The molecule has 1 heterocycles. The predicted molar refractivity (Wildman–Crippen MR) is 105 cm³/mol. The maximum atomic E-state index is 11.9. The summed E-state index contributed by atoms with van der Waals surface area (Å²) in [5.74, 6) is -0.415. The number of carbonyl (C=O) groups is 2. The normalized spacial score (nSPS) is 20.2. The number of aromatic hydroxyl groups is 2. The SMILES string of the molecule is CC(=C\Cc1c(O)c(Cl)c(C)c(C=O)c1O)/C=C(\C)[C@@H]1CC(=O)C(C)(C)O1. The number of phenolic OH excluding ortho intramolecular Hbond substituents is 2. The van der Waals surface area contributed by atoms with Crippen LogP contribution < -0.4 is 0 Å². The van der Waals surface area contributed by atoms with E-state index in [4.69, 9.17) is 16.3 Å². The van der Waals surface area contributed by atoms with Crippen LogP contribution in [0.5, 0.6) is 11.5 Å². The van der Waals surface area contributed by atoms with Crippen molar-refractivity contribution in [3.63, 3.8) is 0 Å². The Labute approximate surface area is 164 Å². The van der Waals surface area contributed by atoms with Gasteiger partial charge in [0.15, 0.2) is 12.1 Å². The summed E-state index contributed by atoms with van der Waals surface area (Å²) in [7, 11) is 0. The van der Waals surface area contributed by atoms with Gasteiger partial charge in [-0.3, -0.25) is 9.59 Å². The Kier molecular flexibility index (Phi) is 6.17. The van der Waals surface area contributed by atoms with Gasteiger partial charge in [0, 0.05) is 12.0 Å². The van der Waals surface area contributed by atoms with Gasteiger partial charge in [0.05, 0.1) is 16.7 Å².